The molecule has 0 fully saturated rings. The molecular formula is C15H15NO5. The zero-order chi connectivity index (χ0) is 15.4. The van der Waals surface area contributed by atoms with Crippen LogP contribution in [0, 0.1) is 0 Å². The van der Waals surface area contributed by atoms with Crippen LogP contribution in [0.15, 0.2) is 36.4 Å². The molecule has 110 valence electrons. The molecule has 0 saturated carbocycles. The molecule has 1 amide bonds. The fraction of sp³-hybridized carbons (Fsp3) is 0.133. The Morgan fingerprint density at radius 2 is 1.33 bits per heavy atom. The van der Waals surface area contributed by atoms with Crippen molar-refractivity contribution in [1.82, 2.24) is 5.32 Å². The zero-order valence-electron chi connectivity index (χ0n) is 11.1. The van der Waals surface area contributed by atoms with Gasteiger partial charge in [0.25, 0.3) is 0 Å². The van der Waals surface area contributed by atoms with Crippen molar-refractivity contribution in [2.45, 2.75) is 13.0 Å². The summed E-state index contributed by atoms with van der Waals surface area (Å²) >= 11 is 0. The zero-order valence-corrected chi connectivity index (χ0v) is 11.1. The van der Waals surface area contributed by atoms with Crippen molar-refractivity contribution in [3.05, 3.63) is 47.5 Å². The maximum absolute atomic E-state index is 11.8. The lowest BCUT2D eigenvalue weighted by Gasteiger charge is -2.07. The Balaban J connectivity index is 1.92. The summed E-state index contributed by atoms with van der Waals surface area (Å²) in [6, 6.07) is 8.47. The predicted molar refractivity (Wildman–Crippen MR) is 75.1 cm³/mol. The number of amides is 1. The predicted octanol–water partition coefficient (Wildman–Crippen LogP) is 1.37. The van der Waals surface area contributed by atoms with Crippen LogP contribution < -0.4 is 5.32 Å². The molecule has 0 aromatic heterocycles. The lowest BCUT2D eigenvalue weighted by Crippen LogP contribution is -2.24. The van der Waals surface area contributed by atoms with Crippen molar-refractivity contribution in [1.29, 1.82) is 0 Å². The Morgan fingerprint density at radius 1 is 0.810 bits per heavy atom. The first-order valence-electron chi connectivity index (χ1n) is 6.24. The number of nitrogens with one attached hydrogen (secondary N) is 1. The summed E-state index contributed by atoms with van der Waals surface area (Å²) in [4.78, 5) is 11.8. The average molecular weight is 289 g/mol. The third kappa shape index (κ3) is 3.79. The smallest absolute Gasteiger partial charge is 0.224 e. The summed E-state index contributed by atoms with van der Waals surface area (Å²) in [6.45, 7) is 0.205. The molecule has 0 unspecified atom stereocenters. The van der Waals surface area contributed by atoms with Crippen LogP contribution in [0.5, 0.6) is 23.0 Å². The summed E-state index contributed by atoms with van der Waals surface area (Å²) in [5.41, 5.74) is 1.21. The van der Waals surface area contributed by atoms with E-state index in [1.54, 1.807) is 12.1 Å². The molecule has 0 atom stereocenters. The summed E-state index contributed by atoms with van der Waals surface area (Å²) in [5.74, 6) is -1.25. The maximum atomic E-state index is 11.8. The van der Waals surface area contributed by atoms with E-state index in [0.29, 0.717) is 11.1 Å². The largest absolute Gasteiger partial charge is 0.504 e. The number of carbonyl (C=O) groups is 1. The van der Waals surface area contributed by atoms with Crippen LogP contribution in [-0.2, 0) is 17.8 Å². The van der Waals surface area contributed by atoms with Crippen molar-refractivity contribution in [3.8, 4) is 23.0 Å². The van der Waals surface area contributed by atoms with Crippen LogP contribution in [0.3, 0.4) is 0 Å². The Labute approximate surface area is 120 Å². The van der Waals surface area contributed by atoms with Gasteiger partial charge >= 0.3 is 0 Å². The molecule has 6 heteroatoms. The quantitative estimate of drug-likeness (QED) is 0.546. The van der Waals surface area contributed by atoms with E-state index in [1.165, 1.54) is 24.3 Å². The third-order valence-electron chi connectivity index (χ3n) is 2.93. The van der Waals surface area contributed by atoms with E-state index in [-0.39, 0.29) is 41.9 Å². The molecule has 2 aromatic rings. The van der Waals surface area contributed by atoms with Crippen LogP contribution >= 0.6 is 0 Å². The molecule has 2 aromatic carbocycles. The van der Waals surface area contributed by atoms with Gasteiger partial charge in [-0.25, -0.2) is 0 Å². The van der Waals surface area contributed by atoms with Gasteiger partial charge in [0.15, 0.2) is 23.0 Å². The molecule has 0 radical (unpaired) electrons. The molecule has 0 aliphatic carbocycles. The Bertz CT molecular complexity index is 669. The summed E-state index contributed by atoms with van der Waals surface area (Å²) in [6.07, 6.45) is 0.0535. The standard InChI is InChI=1S/C15H15NO5/c17-11-3-1-9(5-13(11)19)7-15(21)16-8-10-2-4-12(18)14(20)6-10/h1-6,17-20H,7-8H2,(H,16,21). The van der Waals surface area contributed by atoms with Crippen molar-refractivity contribution < 1.29 is 25.2 Å². The molecule has 0 saturated heterocycles. The van der Waals surface area contributed by atoms with E-state index in [2.05, 4.69) is 5.32 Å². The van der Waals surface area contributed by atoms with Crippen LogP contribution in [0.4, 0.5) is 0 Å². The number of phenolic OH excluding ortho intramolecular Hbond substituents is 4. The van der Waals surface area contributed by atoms with Crippen molar-refractivity contribution in [2.24, 2.45) is 0 Å². The molecule has 0 aliphatic rings. The second-order valence-corrected chi connectivity index (χ2v) is 4.60. The van der Waals surface area contributed by atoms with Gasteiger partial charge in [0.05, 0.1) is 6.42 Å². The van der Waals surface area contributed by atoms with E-state index in [9.17, 15) is 25.2 Å². The number of rotatable bonds is 4. The maximum Gasteiger partial charge on any atom is 0.224 e. The fourth-order valence-corrected chi connectivity index (χ4v) is 1.81. The van der Waals surface area contributed by atoms with Crippen LogP contribution in [-0.4, -0.2) is 26.3 Å². The summed E-state index contributed by atoms with van der Waals surface area (Å²) in [5, 5.41) is 39.7. The highest BCUT2D eigenvalue weighted by Gasteiger charge is 2.07. The van der Waals surface area contributed by atoms with Crippen LogP contribution in [0.25, 0.3) is 0 Å². The monoisotopic (exact) mass is 289 g/mol. The minimum atomic E-state index is -0.274. The van der Waals surface area contributed by atoms with Crippen molar-refractivity contribution >= 4 is 5.91 Å². The van der Waals surface area contributed by atoms with Gasteiger partial charge in [0.1, 0.15) is 0 Å². The molecule has 5 N–H and O–H groups in total. The summed E-state index contributed by atoms with van der Waals surface area (Å²) < 4.78 is 0. The Morgan fingerprint density at radius 3 is 1.90 bits per heavy atom. The van der Waals surface area contributed by atoms with E-state index >= 15 is 0 Å². The van der Waals surface area contributed by atoms with Crippen LogP contribution in [0.1, 0.15) is 11.1 Å². The second kappa shape index (κ2) is 6.04. The van der Waals surface area contributed by atoms with Gasteiger partial charge in [-0.1, -0.05) is 12.1 Å². The highest BCUT2D eigenvalue weighted by molar-refractivity contribution is 5.78. The summed E-state index contributed by atoms with van der Waals surface area (Å²) in [7, 11) is 0. The lowest BCUT2D eigenvalue weighted by molar-refractivity contribution is -0.120. The van der Waals surface area contributed by atoms with E-state index in [4.69, 9.17) is 0 Å². The Hall–Kier alpha value is -2.89. The number of carbonyl (C=O) groups excluding carboxylic acids is 1. The molecule has 21 heavy (non-hydrogen) atoms. The highest BCUT2D eigenvalue weighted by atomic mass is 16.3. The fourth-order valence-electron chi connectivity index (χ4n) is 1.81. The third-order valence-corrected chi connectivity index (χ3v) is 2.93. The molecular weight excluding hydrogens is 274 g/mol. The second-order valence-electron chi connectivity index (χ2n) is 4.60. The molecule has 6 nitrogen and oxygen atoms in total. The molecule has 0 heterocycles. The van der Waals surface area contributed by atoms with Crippen LogP contribution in [0.2, 0.25) is 0 Å². The number of hydrogen-bond acceptors (Lipinski definition) is 5. The average Bonchev–Trinajstić information content (AvgIpc) is 2.44. The van der Waals surface area contributed by atoms with E-state index in [0.717, 1.165) is 0 Å². The van der Waals surface area contributed by atoms with Gasteiger partial charge in [-0.05, 0) is 35.4 Å². The van der Waals surface area contributed by atoms with Crippen molar-refractivity contribution in [2.75, 3.05) is 0 Å². The number of benzene rings is 2. The Kier molecular flexibility index (Phi) is 4.18. The molecule has 2 rings (SSSR count). The van der Waals surface area contributed by atoms with E-state index < -0.39 is 0 Å². The number of aromatic hydroxyl groups is 4. The van der Waals surface area contributed by atoms with Gasteiger partial charge in [0.2, 0.25) is 5.91 Å². The van der Waals surface area contributed by atoms with Gasteiger partial charge in [-0.3, -0.25) is 4.79 Å². The van der Waals surface area contributed by atoms with Gasteiger partial charge in [-0.2, -0.15) is 0 Å². The lowest BCUT2D eigenvalue weighted by atomic mass is 10.1. The van der Waals surface area contributed by atoms with E-state index in [1.807, 2.05) is 0 Å². The van der Waals surface area contributed by atoms with Crippen molar-refractivity contribution in [3.63, 3.8) is 0 Å². The minimum absolute atomic E-state index is 0.0535. The first-order chi connectivity index (χ1) is 9.95. The van der Waals surface area contributed by atoms with Gasteiger partial charge in [0, 0.05) is 6.54 Å². The topological polar surface area (TPSA) is 110 Å². The number of hydrogen-bond donors (Lipinski definition) is 5. The molecule has 0 aliphatic heterocycles. The SMILES string of the molecule is O=C(Cc1ccc(O)c(O)c1)NCc1ccc(O)c(O)c1. The molecule has 0 bridgehead atoms. The van der Waals surface area contributed by atoms with Gasteiger partial charge in [-0.15, -0.1) is 0 Å². The first kappa shape index (κ1) is 14.5. The normalized spacial score (nSPS) is 10.3. The van der Waals surface area contributed by atoms with Gasteiger partial charge < -0.3 is 25.7 Å². The molecule has 0 spiro atoms. The number of phenols is 4. The highest BCUT2D eigenvalue weighted by Crippen LogP contribution is 2.25. The minimum Gasteiger partial charge on any atom is -0.504 e. The first-order valence-corrected chi connectivity index (χ1v) is 6.24.